The van der Waals surface area contributed by atoms with Crippen LogP contribution in [0.3, 0.4) is 0 Å². The summed E-state index contributed by atoms with van der Waals surface area (Å²) in [4.78, 5) is 25.8. The van der Waals surface area contributed by atoms with Crippen LogP contribution in [-0.2, 0) is 9.59 Å². The SMILES string of the molecule is CC1C(=O)N(NC(=O)[C@@H](N)C(C)(C)C)c2ccccc2-c2ccccc21. The number of benzene rings is 2. The van der Waals surface area contributed by atoms with Crippen molar-refractivity contribution in [2.45, 2.75) is 39.7 Å². The number of fused-ring (bicyclic) bond motifs is 3. The van der Waals surface area contributed by atoms with Gasteiger partial charge in [-0.15, -0.1) is 0 Å². The van der Waals surface area contributed by atoms with Gasteiger partial charge in [0.1, 0.15) is 0 Å². The Balaban J connectivity index is 2.07. The number of nitrogens with one attached hydrogen (secondary N) is 1. The number of carbonyl (C=O) groups is 2. The minimum atomic E-state index is -0.733. The van der Waals surface area contributed by atoms with E-state index in [1.807, 2.05) is 76.2 Å². The molecule has 2 aromatic rings. The molecule has 2 aromatic carbocycles. The Kier molecular flexibility index (Phi) is 4.59. The van der Waals surface area contributed by atoms with Crippen LogP contribution in [0.15, 0.2) is 48.5 Å². The van der Waals surface area contributed by atoms with E-state index in [0.29, 0.717) is 5.69 Å². The molecule has 0 saturated heterocycles. The van der Waals surface area contributed by atoms with Crippen molar-refractivity contribution < 1.29 is 9.59 Å². The maximum atomic E-state index is 13.1. The van der Waals surface area contributed by atoms with Crippen molar-refractivity contribution in [3.63, 3.8) is 0 Å². The first-order valence-corrected chi connectivity index (χ1v) is 8.80. The van der Waals surface area contributed by atoms with Gasteiger partial charge < -0.3 is 5.73 Å². The van der Waals surface area contributed by atoms with Crippen molar-refractivity contribution in [3.05, 3.63) is 54.1 Å². The molecule has 0 spiro atoms. The molecule has 26 heavy (non-hydrogen) atoms. The number of nitrogens with two attached hydrogens (primary N) is 1. The zero-order valence-electron chi connectivity index (χ0n) is 15.6. The first kappa shape index (κ1) is 18.1. The van der Waals surface area contributed by atoms with Crippen molar-refractivity contribution in [2.24, 2.45) is 11.1 Å². The summed E-state index contributed by atoms with van der Waals surface area (Å²) in [6.07, 6.45) is 0. The molecular formula is C21H25N3O2. The first-order chi connectivity index (χ1) is 12.2. The summed E-state index contributed by atoms with van der Waals surface area (Å²) in [6.45, 7) is 7.55. The van der Waals surface area contributed by atoms with E-state index in [2.05, 4.69) is 5.43 Å². The third-order valence-corrected chi connectivity index (χ3v) is 4.89. The number of amides is 2. The van der Waals surface area contributed by atoms with E-state index in [-0.39, 0.29) is 17.7 Å². The molecular weight excluding hydrogens is 326 g/mol. The van der Waals surface area contributed by atoms with Crippen molar-refractivity contribution in [2.75, 3.05) is 5.01 Å². The van der Waals surface area contributed by atoms with Crippen LogP contribution in [0.4, 0.5) is 5.69 Å². The average molecular weight is 351 g/mol. The number of nitrogens with zero attached hydrogens (tertiary/aromatic N) is 1. The van der Waals surface area contributed by atoms with Crippen molar-refractivity contribution in [1.29, 1.82) is 0 Å². The predicted octanol–water partition coefficient (Wildman–Crippen LogP) is 3.21. The third-order valence-electron chi connectivity index (χ3n) is 4.89. The second-order valence-electron chi connectivity index (χ2n) is 7.82. The smallest absolute Gasteiger partial charge is 0.256 e. The summed E-state index contributed by atoms with van der Waals surface area (Å²) >= 11 is 0. The second kappa shape index (κ2) is 6.57. The number of anilines is 1. The largest absolute Gasteiger partial charge is 0.319 e. The van der Waals surface area contributed by atoms with Gasteiger partial charge in [-0.3, -0.25) is 15.0 Å². The molecule has 2 amide bonds. The molecule has 0 fully saturated rings. The standard InChI is InChI=1S/C21H25N3O2/c1-13-14-9-5-6-10-15(14)16-11-7-8-12-17(16)24(20(13)26)23-19(25)18(22)21(2,3)4/h5-13,18H,22H2,1-4H3,(H,23,25)/t13?,18-/m1/s1. The van der Waals surface area contributed by atoms with Gasteiger partial charge in [0, 0.05) is 5.56 Å². The van der Waals surface area contributed by atoms with Crippen molar-refractivity contribution in [1.82, 2.24) is 5.43 Å². The van der Waals surface area contributed by atoms with Crippen LogP contribution in [-0.4, -0.2) is 17.9 Å². The minimum absolute atomic E-state index is 0.183. The highest BCUT2D eigenvalue weighted by molar-refractivity contribution is 6.06. The van der Waals surface area contributed by atoms with Gasteiger partial charge in [0.15, 0.2) is 0 Å². The van der Waals surface area contributed by atoms with Crippen LogP contribution in [0.5, 0.6) is 0 Å². The number of para-hydroxylation sites is 1. The third kappa shape index (κ3) is 3.10. The zero-order valence-corrected chi connectivity index (χ0v) is 15.6. The summed E-state index contributed by atoms with van der Waals surface area (Å²) in [5.74, 6) is -0.944. The van der Waals surface area contributed by atoms with Crippen LogP contribution in [0.25, 0.3) is 11.1 Å². The van der Waals surface area contributed by atoms with E-state index in [9.17, 15) is 9.59 Å². The van der Waals surface area contributed by atoms with E-state index < -0.39 is 11.5 Å². The molecule has 1 aliphatic rings. The van der Waals surface area contributed by atoms with Gasteiger partial charge in [-0.2, -0.15) is 0 Å². The lowest BCUT2D eigenvalue weighted by Crippen LogP contribution is -2.56. The zero-order chi connectivity index (χ0) is 19.1. The highest BCUT2D eigenvalue weighted by atomic mass is 16.2. The average Bonchev–Trinajstić information content (AvgIpc) is 2.70. The number of hydrogen-bond donors (Lipinski definition) is 2. The van der Waals surface area contributed by atoms with Crippen LogP contribution in [0, 0.1) is 5.41 Å². The van der Waals surface area contributed by atoms with E-state index in [1.54, 1.807) is 0 Å². The molecule has 136 valence electrons. The van der Waals surface area contributed by atoms with Crippen LogP contribution in [0.2, 0.25) is 0 Å². The Morgan fingerprint density at radius 2 is 1.65 bits per heavy atom. The normalized spacial score (nSPS) is 17.8. The fourth-order valence-corrected chi connectivity index (χ4v) is 3.15. The maximum absolute atomic E-state index is 13.1. The molecule has 3 N–H and O–H groups in total. The van der Waals surface area contributed by atoms with E-state index in [4.69, 9.17) is 5.73 Å². The Bertz CT molecular complexity index is 854. The molecule has 2 atom stereocenters. The Labute approximate surface area is 154 Å². The lowest BCUT2D eigenvalue weighted by Gasteiger charge is -2.30. The summed E-state index contributed by atoms with van der Waals surface area (Å²) in [6, 6.07) is 14.7. The molecule has 0 radical (unpaired) electrons. The Morgan fingerprint density at radius 1 is 1.08 bits per heavy atom. The van der Waals surface area contributed by atoms with Crippen molar-refractivity contribution in [3.8, 4) is 11.1 Å². The van der Waals surface area contributed by atoms with E-state index in [1.165, 1.54) is 5.01 Å². The van der Waals surface area contributed by atoms with Crippen LogP contribution in [0.1, 0.15) is 39.2 Å². The molecule has 0 saturated carbocycles. The summed E-state index contributed by atoms with van der Waals surface area (Å²) < 4.78 is 0. The number of carbonyl (C=O) groups excluding carboxylic acids is 2. The summed E-state index contributed by atoms with van der Waals surface area (Å²) in [5.41, 5.74) is 11.9. The van der Waals surface area contributed by atoms with Crippen LogP contribution >= 0.6 is 0 Å². The molecule has 1 heterocycles. The molecule has 3 rings (SSSR count). The monoisotopic (exact) mass is 351 g/mol. The minimum Gasteiger partial charge on any atom is -0.319 e. The topological polar surface area (TPSA) is 75.4 Å². The number of hydrazine groups is 1. The highest BCUT2D eigenvalue weighted by Gasteiger charge is 2.35. The van der Waals surface area contributed by atoms with Gasteiger partial charge in [-0.05, 0) is 29.5 Å². The Morgan fingerprint density at radius 3 is 2.31 bits per heavy atom. The summed E-state index contributed by atoms with van der Waals surface area (Å²) in [7, 11) is 0. The maximum Gasteiger partial charge on any atom is 0.256 e. The lowest BCUT2D eigenvalue weighted by molar-refractivity contribution is -0.128. The van der Waals surface area contributed by atoms with Gasteiger partial charge in [-0.25, -0.2) is 5.01 Å². The molecule has 5 heteroatoms. The van der Waals surface area contributed by atoms with E-state index in [0.717, 1.165) is 16.7 Å². The number of rotatable bonds is 2. The lowest BCUT2D eigenvalue weighted by atomic mass is 9.87. The first-order valence-electron chi connectivity index (χ1n) is 8.80. The van der Waals surface area contributed by atoms with Crippen molar-refractivity contribution >= 4 is 17.5 Å². The summed E-state index contributed by atoms with van der Waals surface area (Å²) in [5, 5.41) is 1.36. The number of hydrogen-bond acceptors (Lipinski definition) is 3. The molecule has 1 unspecified atom stereocenters. The molecule has 0 bridgehead atoms. The second-order valence-corrected chi connectivity index (χ2v) is 7.82. The molecule has 5 nitrogen and oxygen atoms in total. The molecule has 0 aromatic heterocycles. The predicted molar refractivity (Wildman–Crippen MR) is 103 cm³/mol. The fourth-order valence-electron chi connectivity index (χ4n) is 3.15. The molecule has 1 aliphatic heterocycles. The van der Waals surface area contributed by atoms with Crippen LogP contribution < -0.4 is 16.2 Å². The van der Waals surface area contributed by atoms with Gasteiger partial charge >= 0.3 is 0 Å². The molecule has 0 aliphatic carbocycles. The van der Waals surface area contributed by atoms with Gasteiger partial charge in [-0.1, -0.05) is 63.2 Å². The van der Waals surface area contributed by atoms with Gasteiger partial charge in [0.05, 0.1) is 17.6 Å². The highest BCUT2D eigenvalue weighted by Crippen LogP contribution is 2.40. The quantitative estimate of drug-likeness (QED) is 0.872. The van der Waals surface area contributed by atoms with Gasteiger partial charge in [0.25, 0.3) is 11.8 Å². The van der Waals surface area contributed by atoms with E-state index >= 15 is 0 Å². The van der Waals surface area contributed by atoms with Gasteiger partial charge in [0.2, 0.25) is 0 Å². The Hall–Kier alpha value is -2.66. The fraction of sp³-hybridized carbons (Fsp3) is 0.333.